The summed E-state index contributed by atoms with van der Waals surface area (Å²) < 4.78 is 25.5. The van der Waals surface area contributed by atoms with Crippen molar-refractivity contribution in [2.75, 3.05) is 13.2 Å². The molecule has 2 N–H and O–H groups in total. The van der Waals surface area contributed by atoms with E-state index in [0.29, 0.717) is 4.90 Å². The molecule has 7 heteroatoms. The van der Waals surface area contributed by atoms with E-state index >= 15 is 0 Å². The van der Waals surface area contributed by atoms with Crippen molar-refractivity contribution in [1.82, 2.24) is 4.90 Å². The molecule has 1 fully saturated rings. The monoisotopic (exact) mass is 209 g/mol. The maximum absolute atomic E-state index is 13.3. The molecule has 0 aromatic carbocycles. The van der Waals surface area contributed by atoms with Gasteiger partial charge in [-0.2, -0.15) is 0 Å². The van der Waals surface area contributed by atoms with Crippen molar-refractivity contribution < 1.29 is 28.6 Å². The van der Waals surface area contributed by atoms with Crippen LogP contribution >= 0.6 is 0 Å². The Kier molecular flexibility index (Phi) is 2.59. The predicted molar refractivity (Wildman–Crippen MR) is 40.6 cm³/mol. The number of carbonyl (C=O) groups is 2. The molecule has 80 valence electrons. The van der Waals surface area contributed by atoms with Gasteiger partial charge in [0.25, 0.3) is 0 Å². The van der Waals surface area contributed by atoms with Crippen LogP contribution in [-0.2, 0) is 4.79 Å². The highest BCUT2D eigenvalue weighted by molar-refractivity contribution is 5.80. The lowest BCUT2D eigenvalue weighted by Gasteiger charge is -2.16. The highest BCUT2D eigenvalue weighted by Gasteiger charge is 2.49. The third-order valence-corrected chi connectivity index (χ3v) is 2.16. The molecule has 0 bridgehead atoms. The Morgan fingerprint density at radius 2 is 2.07 bits per heavy atom. The maximum Gasteiger partial charge on any atom is 0.408 e. The number of rotatable bonds is 2. The number of hydrogen-bond donors (Lipinski definition) is 2. The van der Waals surface area contributed by atoms with Crippen LogP contribution in [-0.4, -0.2) is 52.1 Å². The molecule has 1 heterocycles. The number of carboxylic acid groups (broad SMARTS) is 2. The van der Waals surface area contributed by atoms with E-state index in [1.54, 1.807) is 0 Å². The Hall–Kier alpha value is -1.40. The highest BCUT2D eigenvalue weighted by Crippen LogP contribution is 2.31. The van der Waals surface area contributed by atoms with Gasteiger partial charge >= 0.3 is 12.1 Å². The molecule has 1 amide bonds. The van der Waals surface area contributed by atoms with E-state index in [2.05, 4.69) is 0 Å². The Balaban J connectivity index is 2.85. The van der Waals surface area contributed by atoms with Gasteiger partial charge in [0.1, 0.15) is 12.7 Å². The molecule has 0 aromatic rings. The van der Waals surface area contributed by atoms with Crippen LogP contribution in [0.2, 0.25) is 0 Å². The quantitative estimate of drug-likeness (QED) is 0.694. The molecule has 5 nitrogen and oxygen atoms in total. The van der Waals surface area contributed by atoms with Crippen LogP contribution in [0.1, 0.15) is 6.42 Å². The van der Waals surface area contributed by atoms with Crippen LogP contribution in [0.4, 0.5) is 13.6 Å². The minimum Gasteiger partial charge on any atom is -0.480 e. The molecule has 1 aliphatic heterocycles. The Bertz CT molecular complexity index is 248. The van der Waals surface area contributed by atoms with Crippen molar-refractivity contribution in [3.8, 4) is 0 Å². The van der Waals surface area contributed by atoms with Crippen molar-refractivity contribution >= 4 is 12.1 Å². The second-order valence-electron chi connectivity index (χ2n) is 3.25. The van der Waals surface area contributed by atoms with Gasteiger partial charge in [-0.3, -0.25) is 4.90 Å². The van der Waals surface area contributed by atoms with Gasteiger partial charge in [0.05, 0.1) is 6.54 Å². The summed E-state index contributed by atoms with van der Waals surface area (Å²) >= 11 is 0. The lowest BCUT2D eigenvalue weighted by atomic mass is 10.0. The zero-order valence-corrected chi connectivity index (χ0v) is 7.11. The first-order valence-corrected chi connectivity index (χ1v) is 3.87. The summed E-state index contributed by atoms with van der Waals surface area (Å²) in [5.41, 5.74) is -2.36. The number of aliphatic carboxylic acids is 1. The summed E-state index contributed by atoms with van der Waals surface area (Å²) in [6, 6.07) is -1.49. The van der Waals surface area contributed by atoms with Crippen molar-refractivity contribution in [1.29, 1.82) is 0 Å². The fourth-order valence-corrected chi connectivity index (χ4v) is 1.46. The van der Waals surface area contributed by atoms with E-state index in [4.69, 9.17) is 10.2 Å². The van der Waals surface area contributed by atoms with Crippen molar-refractivity contribution in [2.45, 2.75) is 18.1 Å². The first-order chi connectivity index (χ1) is 6.39. The van der Waals surface area contributed by atoms with Crippen molar-refractivity contribution in [3.05, 3.63) is 0 Å². The van der Waals surface area contributed by atoms with E-state index in [9.17, 15) is 18.4 Å². The molecule has 0 aliphatic carbocycles. The maximum atomic E-state index is 13.3. The summed E-state index contributed by atoms with van der Waals surface area (Å²) in [6.07, 6.45) is -2.18. The summed E-state index contributed by atoms with van der Waals surface area (Å²) in [4.78, 5) is 21.4. The molecule has 1 aliphatic rings. The summed E-state index contributed by atoms with van der Waals surface area (Å²) in [5, 5.41) is 17.1. The van der Waals surface area contributed by atoms with Gasteiger partial charge < -0.3 is 10.2 Å². The van der Waals surface area contributed by atoms with Gasteiger partial charge in [-0.25, -0.2) is 18.4 Å². The minimum absolute atomic E-state index is 0.405. The van der Waals surface area contributed by atoms with Crippen LogP contribution in [0, 0.1) is 0 Å². The largest absolute Gasteiger partial charge is 0.480 e. The third kappa shape index (κ3) is 1.75. The fraction of sp³-hybridized carbons (Fsp3) is 0.714. The average molecular weight is 209 g/mol. The number of likely N-dealkylation sites (tertiary alicyclic amines) is 1. The van der Waals surface area contributed by atoms with Gasteiger partial charge in [-0.1, -0.05) is 0 Å². The molecule has 2 atom stereocenters. The zero-order valence-electron chi connectivity index (χ0n) is 7.11. The number of nitrogens with zero attached hydrogens (tertiary/aromatic N) is 1. The first-order valence-electron chi connectivity index (χ1n) is 3.87. The van der Waals surface area contributed by atoms with E-state index in [-0.39, 0.29) is 0 Å². The lowest BCUT2D eigenvalue weighted by molar-refractivity contribution is -0.141. The van der Waals surface area contributed by atoms with Crippen LogP contribution in [0.5, 0.6) is 0 Å². The van der Waals surface area contributed by atoms with E-state index < -0.39 is 43.4 Å². The molecule has 1 saturated heterocycles. The Morgan fingerprint density at radius 1 is 1.50 bits per heavy atom. The standard InChI is InChI=1S/C7H9F2NO4/c8-2-7(9)1-4(5(11)12)10(3-7)6(13)14/h4H,1-3H2,(H,11,12)(H,13,14)/t4-,7+/m0/s1. The topological polar surface area (TPSA) is 77.8 Å². The smallest absolute Gasteiger partial charge is 0.408 e. The molecule has 14 heavy (non-hydrogen) atoms. The van der Waals surface area contributed by atoms with Crippen molar-refractivity contribution in [3.63, 3.8) is 0 Å². The first kappa shape index (κ1) is 10.7. The molecule has 1 rings (SSSR count). The van der Waals surface area contributed by atoms with Gasteiger partial charge in [-0.15, -0.1) is 0 Å². The van der Waals surface area contributed by atoms with Gasteiger partial charge in [0.15, 0.2) is 5.67 Å². The number of hydrogen-bond acceptors (Lipinski definition) is 2. The third-order valence-electron chi connectivity index (χ3n) is 2.16. The number of carboxylic acids is 1. The summed E-state index contributed by atoms with van der Waals surface area (Å²) in [7, 11) is 0. The Morgan fingerprint density at radius 3 is 2.36 bits per heavy atom. The van der Waals surface area contributed by atoms with Crippen LogP contribution in [0.3, 0.4) is 0 Å². The number of halogens is 2. The lowest BCUT2D eigenvalue weighted by Crippen LogP contribution is -2.40. The van der Waals surface area contributed by atoms with Crippen LogP contribution in [0.25, 0.3) is 0 Å². The van der Waals surface area contributed by atoms with Crippen molar-refractivity contribution in [2.24, 2.45) is 0 Å². The van der Waals surface area contributed by atoms with Gasteiger partial charge in [-0.05, 0) is 0 Å². The van der Waals surface area contributed by atoms with Gasteiger partial charge in [0, 0.05) is 6.42 Å². The molecule has 0 radical (unpaired) electrons. The summed E-state index contributed by atoms with van der Waals surface area (Å²) in [5.74, 6) is -1.46. The van der Waals surface area contributed by atoms with Crippen LogP contribution in [0.15, 0.2) is 0 Å². The van der Waals surface area contributed by atoms with Crippen LogP contribution < -0.4 is 0 Å². The Labute approximate surface area is 77.9 Å². The normalized spacial score (nSPS) is 31.9. The van der Waals surface area contributed by atoms with E-state index in [1.807, 2.05) is 0 Å². The average Bonchev–Trinajstić information content (AvgIpc) is 2.45. The number of amides is 1. The molecule has 0 saturated carbocycles. The fourth-order valence-electron chi connectivity index (χ4n) is 1.46. The second kappa shape index (κ2) is 3.39. The molecule has 0 aromatic heterocycles. The second-order valence-corrected chi connectivity index (χ2v) is 3.25. The zero-order chi connectivity index (χ0) is 10.9. The van der Waals surface area contributed by atoms with E-state index in [1.165, 1.54) is 0 Å². The SMILES string of the molecule is O=C(O)[C@@H]1C[C@@](F)(CF)CN1C(=O)O. The number of alkyl halides is 2. The van der Waals surface area contributed by atoms with E-state index in [0.717, 1.165) is 0 Å². The summed E-state index contributed by atoms with van der Waals surface area (Å²) in [6.45, 7) is -2.10. The highest BCUT2D eigenvalue weighted by atomic mass is 19.2. The minimum atomic E-state index is -2.36. The predicted octanol–water partition coefficient (Wildman–Crippen LogP) is 0.501. The molecule has 0 spiro atoms. The molecule has 0 unspecified atom stereocenters. The molecular formula is C7H9F2NO4. The van der Waals surface area contributed by atoms with Gasteiger partial charge in [0.2, 0.25) is 0 Å². The molecular weight excluding hydrogens is 200 g/mol.